The van der Waals surface area contributed by atoms with Crippen molar-refractivity contribution < 1.29 is 0 Å². The number of hydrogen-bond donors (Lipinski definition) is 1. The van der Waals surface area contributed by atoms with E-state index in [1.165, 1.54) is 16.0 Å². The molecule has 1 heterocycles. The first-order valence-corrected chi connectivity index (χ1v) is 6.88. The van der Waals surface area contributed by atoms with Crippen LogP contribution < -0.4 is 5.32 Å². The summed E-state index contributed by atoms with van der Waals surface area (Å²) < 4.78 is 0. The van der Waals surface area contributed by atoms with Crippen molar-refractivity contribution in [2.45, 2.75) is 25.8 Å². The lowest BCUT2D eigenvalue weighted by Crippen LogP contribution is -2.22. The zero-order valence-electron chi connectivity index (χ0n) is 10.6. The fraction of sp³-hybridized carbons (Fsp3) is 0.333. The number of benzene rings is 1. The molecule has 0 aliphatic rings. The molecule has 0 aliphatic carbocycles. The lowest BCUT2D eigenvalue weighted by atomic mass is 9.89. The highest BCUT2D eigenvalue weighted by atomic mass is 32.1. The topological polar surface area (TPSA) is 12.0 Å². The van der Waals surface area contributed by atoms with Crippen molar-refractivity contribution in [1.29, 1.82) is 0 Å². The third-order valence-electron chi connectivity index (χ3n) is 3.37. The average molecular weight is 245 g/mol. The van der Waals surface area contributed by atoms with Crippen LogP contribution in [0.2, 0.25) is 0 Å². The zero-order valence-corrected chi connectivity index (χ0v) is 11.4. The zero-order chi connectivity index (χ0) is 12.3. The predicted octanol–water partition coefficient (Wildman–Crippen LogP) is 4.12. The number of thiophene rings is 1. The molecule has 0 amide bonds. The summed E-state index contributed by atoms with van der Waals surface area (Å²) in [6.45, 7) is 4.48. The Kier molecular flexibility index (Phi) is 3.97. The van der Waals surface area contributed by atoms with Gasteiger partial charge in [-0.1, -0.05) is 37.3 Å². The van der Waals surface area contributed by atoms with E-state index in [-0.39, 0.29) is 0 Å². The molecule has 0 aliphatic heterocycles. The first-order chi connectivity index (χ1) is 8.24. The normalized spacial score (nSPS) is 14.5. The second kappa shape index (κ2) is 5.48. The molecule has 0 radical (unpaired) electrons. The maximum atomic E-state index is 3.45. The van der Waals surface area contributed by atoms with Gasteiger partial charge >= 0.3 is 0 Å². The van der Waals surface area contributed by atoms with Crippen molar-refractivity contribution in [2.24, 2.45) is 0 Å². The standard InChI is InChI=1S/C15H19NS/c1-11(13-7-5-4-6-8-13)15(16-3)14-9-10-17-12(14)2/h4-11,15-16H,1-3H3. The van der Waals surface area contributed by atoms with E-state index in [1.807, 2.05) is 18.4 Å². The molecular formula is C15H19NS. The quantitative estimate of drug-likeness (QED) is 0.854. The van der Waals surface area contributed by atoms with Gasteiger partial charge in [-0.05, 0) is 36.5 Å². The van der Waals surface area contributed by atoms with E-state index in [0.717, 1.165) is 0 Å². The molecule has 0 fully saturated rings. The molecule has 2 rings (SSSR count). The SMILES string of the molecule is CNC(c1ccsc1C)C(C)c1ccccc1. The van der Waals surface area contributed by atoms with E-state index in [4.69, 9.17) is 0 Å². The van der Waals surface area contributed by atoms with E-state index >= 15 is 0 Å². The summed E-state index contributed by atoms with van der Waals surface area (Å²) in [5.74, 6) is 0.481. The second-order valence-corrected chi connectivity index (χ2v) is 5.52. The third kappa shape index (κ3) is 2.59. The van der Waals surface area contributed by atoms with Gasteiger partial charge in [0.15, 0.2) is 0 Å². The summed E-state index contributed by atoms with van der Waals surface area (Å²) in [5, 5.41) is 5.62. The van der Waals surface area contributed by atoms with Gasteiger partial charge in [-0.25, -0.2) is 0 Å². The molecule has 1 N–H and O–H groups in total. The number of aryl methyl sites for hydroxylation is 1. The predicted molar refractivity (Wildman–Crippen MR) is 75.7 cm³/mol. The Hall–Kier alpha value is -1.12. The molecule has 90 valence electrons. The molecule has 2 aromatic rings. The maximum absolute atomic E-state index is 3.45. The van der Waals surface area contributed by atoms with Crippen LogP contribution in [0.3, 0.4) is 0 Å². The minimum atomic E-state index is 0.392. The molecule has 1 aromatic heterocycles. The molecule has 1 nitrogen and oxygen atoms in total. The van der Waals surface area contributed by atoms with Crippen LogP contribution in [0.15, 0.2) is 41.8 Å². The maximum Gasteiger partial charge on any atom is 0.0395 e. The van der Waals surface area contributed by atoms with Crippen LogP contribution in [0.5, 0.6) is 0 Å². The number of nitrogens with one attached hydrogen (secondary N) is 1. The van der Waals surface area contributed by atoms with Crippen molar-refractivity contribution >= 4 is 11.3 Å². The fourth-order valence-corrected chi connectivity index (χ4v) is 3.09. The Balaban J connectivity index is 2.28. The van der Waals surface area contributed by atoms with Crippen molar-refractivity contribution in [3.05, 3.63) is 57.8 Å². The molecule has 0 saturated heterocycles. The number of hydrogen-bond acceptors (Lipinski definition) is 2. The lowest BCUT2D eigenvalue weighted by molar-refractivity contribution is 0.507. The Labute approximate surface area is 108 Å². The molecule has 1 aromatic carbocycles. The molecule has 17 heavy (non-hydrogen) atoms. The second-order valence-electron chi connectivity index (χ2n) is 4.40. The minimum Gasteiger partial charge on any atom is -0.312 e. The Morgan fingerprint density at radius 3 is 2.35 bits per heavy atom. The Bertz CT molecular complexity index is 461. The highest BCUT2D eigenvalue weighted by molar-refractivity contribution is 7.10. The van der Waals surface area contributed by atoms with Gasteiger partial charge in [-0.15, -0.1) is 11.3 Å². The molecule has 2 heteroatoms. The summed E-state index contributed by atoms with van der Waals surface area (Å²) >= 11 is 1.82. The minimum absolute atomic E-state index is 0.392. The Morgan fingerprint density at radius 2 is 1.82 bits per heavy atom. The Morgan fingerprint density at radius 1 is 1.12 bits per heavy atom. The highest BCUT2D eigenvalue weighted by Gasteiger charge is 2.20. The molecule has 0 spiro atoms. The fourth-order valence-electron chi connectivity index (χ4n) is 2.34. The van der Waals surface area contributed by atoms with Gasteiger partial charge in [0.2, 0.25) is 0 Å². The number of rotatable bonds is 4. The molecule has 0 bridgehead atoms. The van der Waals surface area contributed by atoms with Crippen molar-refractivity contribution in [3.8, 4) is 0 Å². The molecule has 2 unspecified atom stereocenters. The lowest BCUT2D eigenvalue weighted by Gasteiger charge is -2.24. The smallest absolute Gasteiger partial charge is 0.0395 e. The van der Waals surface area contributed by atoms with Gasteiger partial charge in [0, 0.05) is 16.8 Å². The van der Waals surface area contributed by atoms with Crippen LogP contribution in [0.1, 0.15) is 34.9 Å². The summed E-state index contributed by atoms with van der Waals surface area (Å²) in [4.78, 5) is 1.41. The summed E-state index contributed by atoms with van der Waals surface area (Å²) in [6.07, 6.45) is 0. The first-order valence-electron chi connectivity index (χ1n) is 6.00. The van der Waals surface area contributed by atoms with Gasteiger partial charge in [0.25, 0.3) is 0 Å². The van der Waals surface area contributed by atoms with Gasteiger partial charge in [0.1, 0.15) is 0 Å². The average Bonchev–Trinajstić information content (AvgIpc) is 2.78. The van der Waals surface area contributed by atoms with Crippen molar-refractivity contribution in [3.63, 3.8) is 0 Å². The van der Waals surface area contributed by atoms with E-state index in [9.17, 15) is 0 Å². The molecule has 0 saturated carbocycles. The summed E-state index contributed by atoms with van der Waals surface area (Å²) in [6, 6.07) is 13.3. The first kappa shape index (κ1) is 12.3. The molecular weight excluding hydrogens is 226 g/mol. The van der Waals surface area contributed by atoms with Crippen molar-refractivity contribution in [2.75, 3.05) is 7.05 Å². The van der Waals surface area contributed by atoms with Gasteiger partial charge in [-0.3, -0.25) is 0 Å². The van der Waals surface area contributed by atoms with Crippen LogP contribution in [-0.2, 0) is 0 Å². The highest BCUT2D eigenvalue weighted by Crippen LogP contribution is 2.33. The van der Waals surface area contributed by atoms with Crippen LogP contribution in [0.4, 0.5) is 0 Å². The van der Waals surface area contributed by atoms with E-state index in [0.29, 0.717) is 12.0 Å². The largest absolute Gasteiger partial charge is 0.312 e. The van der Waals surface area contributed by atoms with Gasteiger partial charge in [-0.2, -0.15) is 0 Å². The van der Waals surface area contributed by atoms with Crippen LogP contribution in [0.25, 0.3) is 0 Å². The van der Waals surface area contributed by atoms with E-state index < -0.39 is 0 Å². The van der Waals surface area contributed by atoms with Crippen LogP contribution in [-0.4, -0.2) is 7.05 Å². The molecule has 2 atom stereocenters. The summed E-state index contributed by atoms with van der Waals surface area (Å²) in [7, 11) is 2.04. The van der Waals surface area contributed by atoms with Crippen LogP contribution >= 0.6 is 11.3 Å². The van der Waals surface area contributed by atoms with Gasteiger partial charge in [0.05, 0.1) is 0 Å². The monoisotopic (exact) mass is 245 g/mol. The van der Waals surface area contributed by atoms with E-state index in [1.54, 1.807) is 0 Å². The van der Waals surface area contributed by atoms with E-state index in [2.05, 4.69) is 60.9 Å². The summed E-state index contributed by atoms with van der Waals surface area (Å²) in [5.41, 5.74) is 2.81. The number of likely N-dealkylation sites (N-methyl/N-ethyl adjacent to an activating group) is 1. The van der Waals surface area contributed by atoms with Crippen molar-refractivity contribution in [1.82, 2.24) is 5.32 Å². The third-order valence-corrected chi connectivity index (χ3v) is 4.23. The van der Waals surface area contributed by atoms with Crippen LogP contribution in [0, 0.1) is 6.92 Å². The van der Waals surface area contributed by atoms with Gasteiger partial charge < -0.3 is 5.32 Å².